The van der Waals surface area contributed by atoms with E-state index in [1.165, 1.54) is 20.2 Å². The molecule has 0 unspecified atom stereocenters. The summed E-state index contributed by atoms with van der Waals surface area (Å²) in [7, 11) is 0. The van der Waals surface area contributed by atoms with Crippen molar-refractivity contribution in [3.8, 4) is 28.5 Å². The molecule has 5 heteroatoms. The Kier molecular flexibility index (Phi) is 5.12. The number of furan rings is 1. The van der Waals surface area contributed by atoms with Crippen molar-refractivity contribution in [1.29, 1.82) is 0 Å². The summed E-state index contributed by atoms with van der Waals surface area (Å²) in [4.78, 5) is 10.6. The van der Waals surface area contributed by atoms with Crippen molar-refractivity contribution < 1.29 is 4.42 Å². The fraction of sp³-hybridized carbons (Fsp3) is 0. The van der Waals surface area contributed by atoms with Crippen LogP contribution in [0, 0.1) is 0 Å². The van der Waals surface area contributed by atoms with Gasteiger partial charge in [-0.15, -0.1) is 11.3 Å². The zero-order chi connectivity index (χ0) is 29.5. The van der Waals surface area contributed by atoms with Crippen molar-refractivity contribution >= 4 is 75.3 Å². The summed E-state index contributed by atoms with van der Waals surface area (Å²) in [6.45, 7) is 0. The molecule has 6 aromatic carbocycles. The first-order valence-electron chi connectivity index (χ1n) is 15.0. The molecule has 0 amide bonds. The Morgan fingerprint density at radius 3 is 2.20 bits per heavy atom. The first kappa shape index (κ1) is 24.6. The molecule has 0 atom stereocenters. The Labute approximate surface area is 261 Å². The maximum absolute atomic E-state index is 6.54. The lowest BCUT2D eigenvalue weighted by atomic mass is 10.1. The average molecular weight is 594 g/mol. The standard InChI is InChI=1S/C40H23N3OS/c1-2-11-24(12-3-1)30-23-36(42-40(41-30)29-16-10-20-35-37(29)28-15-6-9-19-34(28)45-35)43-31-17-7-4-14-27(31)38-32(43)22-21-26-25-13-5-8-18-33(25)44-39(26)38/h1-23H. The van der Waals surface area contributed by atoms with Gasteiger partial charge in [0.15, 0.2) is 5.82 Å². The van der Waals surface area contributed by atoms with Gasteiger partial charge in [0.1, 0.15) is 17.0 Å². The van der Waals surface area contributed by atoms with Crippen molar-refractivity contribution in [1.82, 2.24) is 14.5 Å². The van der Waals surface area contributed by atoms with E-state index in [0.717, 1.165) is 66.4 Å². The highest BCUT2D eigenvalue weighted by molar-refractivity contribution is 7.25. The van der Waals surface area contributed by atoms with Gasteiger partial charge in [-0.1, -0.05) is 97.1 Å². The fourth-order valence-corrected chi connectivity index (χ4v) is 8.00. The van der Waals surface area contributed by atoms with Gasteiger partial charge in [-0.25, -0.2) is 9.97 Å². The largest absolute Gasteiger partial charge is 0.455 e. The minimum absolute atomic E-state index is 0.705. The lowest BCUT2D eigenvalue weighted by Crippen LogP contribution is -2.02. The molecule has 0 N–H and O–H groups in total. The monoisotopic (exact) mass is 593 g/mol. The molecule has 0 saturated carbocycles. The van der Waals surface area contributed by atoms with Crippen molar-refractivity contribution in [2.75, 3.05) is 0 Å². The van der Waals surface area contributed by atoms with E-state index in [1.54, 1.807) is 0 Å². The van der Waals surface area contributed by atoms with Crippen LogP contribution >= 0.6 is 11.3 Å². The van der Waals surface area contributed by atoms with Crippen LogP contribution in [-0.2, 0) is 0 Å². The Bertz CT molecular complexity index is 2770. The van der Waals surface area contributed by atoms with Gasteiger partial charge in [0, 0.05) is 53.5 Å². The van der Waals surface area contributed by atoms with E-state index in [1.807, 2.05) is 29.5 Å². The van der Waals surface area contributed by atoms with Crippen molar-refractivity contribution in [3.05, 3.63) is 140 Å². The molecule has 0 aliphatic heterocycles. The number of benzene rings is 6. The molecule has 0 spiro atoms. The van der Waals surface area contributed by atoms with Crippen LogP contribution in [0.25, 0.3) is 92.4 Å². The van der Waals surface area contributed by atoms with Crippen LogP contribution in [0.2, 0.25) is 0 Å². The topological polar surface area (TPSA) is 43.9 Å². The van der Waals surface area contributed by atoms with Crippen LogP contribution in [-0.4, -0.2) is 14.5 Å². The van der Waals surface area contributed by atoms with Gasteiger partial charge < -0.3 is 4.42 Å². The van der Waals surface area contributed by atoms with E-state index in [-0.39, 0.29) is 0 Å². The molecular weight excluding hydrogens is 571 g/mol. The number of hydrogen-bond donors (Lipinski definition) is 0. The molecule has 4 aromatic heterocycles. The predicted octanol–water partition coefficient (Wildman–Crippen LogP) is 11.2. The summed E-state index contributed by atoms with van der Waals surface area (Å²) in [5.74, 6) is 1.52. The maximum atomic E-state index is 6.54. The molecular formula is C40H23N3OS. The molecule has 0 aliphatic carbocycles. The fourth-order valence-electron chi connectivity index (χ4n) is 6.87. The number of aromatic nitrogens is 3. The second kappa shape index (κ2) is 9.36. The average Bonchev–Trinajstić information content (AvgIpc) is 3.78. The van der Waals surface area contributed by atoms with Crippen LogP contribution in [0.1, 0.15) is 0 Å². The van der Waals surface area contributed by atoms with Crippen LogP contribution in [0.3, 0.4) is 0 Å². The zero-order valence-corrected chi connectivity index (χ0v) is 24.8. The Hall–Kier alpha value is -5.78. The molecule has 4 heterocycles. The molecule has 4 nitrogen and oxygen atoms in total. The molecule has 0 fully saturated rings. The summed E-state index contributed by atoms with van der Waals surface area (Å²) in [5, 5.41) is 6.88. The van der Waals surface area contributed by atoms with Gasteiger partial charge in [0.2, 0.25) is 0 Å². The zero-order valence-electron chi connectivity index (χ0n) is 23.9. The van der Waals surface area contributed by atoms with E-state index in [9.17, 15) is 0 Å². The molecule has 10 rings (SSSR count). The van der Waals surface area contributed by atoms with Crippen LogP contribution in [0.4, 0.5) is 0 Å². The first-order chi connectivity index (χ1) is 22.3. The summed E-state index contributed by atoms with van der Waals surface area (Å²) in [6.07, 6.45) is 0. The van der Waals surface area contributed by atoms with Crippen LogP contribution in [0.5, 0.6) is 0 Å². The molecule has 0 aliphatic rings. The Morgan fingerprint density at radius 1 is 0.533 bits per heavy atom. The first-order valence-corrected chi connectivity index (χ1v) is 15.8. The minimum atomic E-state index is 0.705. The van der Waals surface area contributed by atoms with E-state index < -0.39 is 0 Å². The van der Waals surface area contributed by atoms with Gasteiger partial charge in [-0.2, -0.15) is 0 Å². The lowest BCUT2D eigenvalue weighted by molar-refractivity contribution is 0.673. The normalized spacial score (nSPS) is 12.0. The van der Waals surface area contributed by atoms with E-state index >= 15 is 0 Å². The number of rotatable bonds is 3. The van der Waals surface area contributed by atoms with E-state index in [2.05, 4.69) is 126 Å². The summed E-state index contributed by atoms with van der Waals surface area (Å²) < 4.78 is 11.3. The van der Waals surface area contributed by atoms with Gasteiger partial charge in [-0.3, -0.25) is 4.57 Å². The number of hydrogen-bond acceptors (Lipinski definition) is 4. The smallest absolute Gasteiger partial charge is 0.162 e. The summed E-state index contributed by atoms with van der Waals surface area (Å²) >= 11 is 1.81. The second-order valence-corrected chi connectivity index (χ2v) is 12.4. The SMILES string of the molecule is c1ccc(-c2cc(-n3c4ccccc4c4c5oc6ccccc6c5ccc43)nc(-c3cccc4sc5ccccc5c34)n2)cc1. The molecule has 0 saturated heterocycles. The summed E-state index contributed by atoms with van der Waals surface area (Å²) in [5.41, 5.74) is 6.87. The third kappa shape index (κ3) is 3.59. The highest BCUT2D eigenvalue weighted by atomic mass is 32.1. The molecule has 210 valence electrons. The molecule has 45 heavy (non-hydrogen) atoms. The van der Waals surface area contributed by atoms with Crippen LogP contribution in [0.15, 0.2) is 144 Å². The number of thiophene rings is 1. The Balaban J connectivity index is 1.32. The van der Waals surface area contributed by atoms with Gasteiger partial charge in [0.05, 0.1) is 22.1 Å². The number of para-hydroxylation sites is 2. The second-order valence-electron chi connectivity index (χ2n) is 11.4. The molecule has 0 bridgehead atoms. The Morgan fingerprint density at radius 2 is 1.29 bits per heavy atom. The number of nitrogens with zero attached hydrogens (tertiary/aromatic N) is 3. The maximum Gasteiger partial charge on any atom is 0.162 e. The number of fused-ring (bicyclic) bond motifs is 10. The summed E-state index contributed by atoms with van der Waals surface area (Å²) in [6, 6.07) is 48.7. The molecule has 10 aromatic rings. The van der Waals surface area contributed by atoms with E-state index in [4.69, 9.17) is 14.4 Å². The quantitative estimate of drug-likeness (QED) is 0.205. The third-order valence-electron chi connectivity index (χ3n) is 8.83. The lowest BCUT2D eigenvalue weighted by Gasteiger charge is -2.12. The van der Waals surface area contributed by atoms with Crippen molar-refractivity contribution in [2.24, 2.45) is 0 Å². The highest BCUT2D eigenvalue weighted by Gasteiger charge is 2.21. The van der Waals surface area contributed by atoms with E-state index in [0.29, 0.717) is 5.82 Å². The van der Waals surface area contributed by atoms with Gasteiger partial charge >= 0.3 is 0 Å². The minimum Gasteiger partial charge on any atom is -0.455 e. The van der Waals surface area contributed by atoms with Crippen molar-refractivity contribution in [3.63, 3.8) is 0 Å². The molecule has 0 radical (unpaired) electrons. The highest BCUT2D eigenvalue weighted by Crippen LogP contribution is 2.42. The predicted molar refractivity (Wildman–Crippen MR) is 187 cm³/mol. The third-order valence-corrected chi connectivity index (χ3v) is 9.97. The van der Waals surface area contributed by atoms with Crippen molar-refractivity contribution in [2.45, 2.75) is 0 Å². The van der Waals surface area contributed by atoms with Crippen LogP contribution < -0.4 is 0 Å². The van der Waals surface area contributed by atoms with Gasteiger partial charge in [-0.05, 0) is 36.4 Å². The van der Waals surface area contributed by atoms with Gasteiger partial charge in [0.25, 0.3) is 0 Å².